The summed E-state index contributed by atoms with van der Waals surface area (Å²) in [5.74, 6) is 4.22. The van der Waals surface area contributed by atoms with Crippen molar-refractivity contribution in [1.82, 2.24) is 10.2 Å². The van der Waals surface area contributed by atoms with E-state index in [-0.39, 0.29) is 16.4 Å². The molecule has 5 aliphatic carbocycles. The Morgan fingerprint density at radius 1 is 0.860 bits per heavy atom. The first-order valence-electron chi connectivity index (χ1n) is 20.7. The topological polar surface area (TPSA) is 52.6 Å². The Morgan fingerprint density at radius 2 is 1.54 bits per heavy atom. The van der Waals surface area contributed by atoms with Gasteiger partial charge < -0.3 is 15.3 Å². The second kappa shape index (κ2) is 12.9. The van der Waals surface area contributed by atoms with Crippen LogP contribution in [-0.2, 0) is 0 Å². The standard InChI is InChI=1S/C46H70N2O2/c1-30(2)35-18-23-46(47-26-27-48-28-31(3)10-11-32(4)29-48)25-24-44(8)37(40(35)46)16-17-39-43(7)21-19-36(33-12-14-34(15-13-33)41(49)50)42(5,6)38(43)20-22-45(39,44)9/h12-15,19,31-32,35,37-40,47H,1,10-11,16-18,20-29H2,2-9H3,(H,49,50)/t31?,32?,35-,37+,38-,39+,40+,43-,44+,45+,46-/m0/s1. The Hall–Kier alpha value is -1.91. The number of carbonyl (C=O) groups is 1. The highest BCUT2D eigenvalue weighted by atomic mass is 16.4. The van der Waals surface area contributed by atoms with Crippen LogP contribution >= 0.6 is 0 Å². The monoisotopic (exact) mass is 683 g/mol. The van der Waals surface area contributed by atoms with E-state index < -0.39 is 5.97 Å². The first-order valence-corrected chi connectivity index (χ1v) is 20.7. The minimum Gasteiger partial charge on any atom is -0.478 e. The molecular formula is C46H70N2O2. The summed E-state index contributed by atoms with van der Waals surface area (Å²) in [6.45, 7) is 30.0. The number of allylic oxidation sites excluding steroid dienone is 3. The van der Waals surface area contributed by atoms with Crippen LogP contribution in [0, 0.1) is 63.1 Å². The predicted molar refractivity (Wildman–Crippen MR) is 208 cm³/mol. The Labute approximate surface area is 305 Å². The highest BCUT2D eigenvalue weighted by molar-refractivity contribution is 5.88. The third-order valence-electron chi connectivity index (χ3n) is 17.3. The molecule has 4 heteroatoms. The third kappa shape index (κ3) is 5.62. The molecule has 0 aromatic heterocycles. The zero-order valence-electron chi connectivity index (χ0n) is 33.0. The van der Waals surface area contributed by atoms with Crippen molar-refractivity contribution in [2.45, 2.75) is 132 Å². The summed E-state index contributed by atoms with van der Waals surface area (Å²) in [4.78, 5) is 14.4. The van der Waals surface area contributed by atoms with E-state index in [1.54, 1.807) is 12.1 Å². The van der Waals surface area contributed by atoms with Crippen molar-refractivity contribution in [3.63, 3.8) is 0 Å². The van der Waals surface area contributed by atoms with Crippen molar-refractivity contribution in [2.24, 2.45) is 63.1 Å². The highest BCUT2D eigenvalue weighted by Gasteiger charge is 2.70. The largest absolute Gasteiger partial charge is 0.478 e. The molecular weight excluding hydrogens is 613 g/mol. The van der Waals surface area contributed by atoms with Gasteiger partial charge in [-0.1, -0.05) is 78.8 Å². The average Bonchev–Trinajstić information content (AvgIpc) is 3.35. The van der Waals surface area contributed by atoms with Crippen LogP contribution in [0.4, 0.5) is 0 Å². The smallest absolute Gasteiger partial charge is 0.335 e. The number of rotatable bonds is 7. The van der Waals surface area contributed by atoms with Crippen molar-refractivity contribution < 1.29 is 9.90 Å². The summed E-state index contributed by atoms with van der Waals surface area (Å²) >= 11 is 0. The van der Waals surface area contributed by atoms with Gasteiger partial charge in [-0.05, 0) is 164 Å². The SMILES string of the molecule is C=C(C)[C@@H]1CC[C@]2(NCCN3CC(C)CCC(C)C3)CC[C@]3(C)[C@H](CC[C@@H]4[C@@]5(C)CC=C(c6ccc(C(=O)O)cc6)C(C)(C)[C@@H]5CC[C@]43C)[C@@H]12. The quantitative estimate of drug-likeness (QED) is 0.281. The highest BCUT2D eigenvalue weighted by Crippen LogP contribution is 2.76. The van der Waals surface area contributed by atoms with Gasteiger partial charge in [0.2, 0.25) is 0 Å². The summed E-state index contributed by atoms with van der Waals surface area (Å²) in [7, 11) is 0. The van der Waals surface area contributed by atoms with Gasteiger partial charge in [0.25, 0.3) is 0 Å². The minimum absolute atomic E-state index is 0.0436. The molecule has 11 atom stereocenters. The molecule has 4 nitrogen and oxygen atoms in total. The lowest BCUT2D eigenvalue weighted by Gasteiger charge is -2.72. The molecule has 0 amide bonds. The summed E-state index contributed by atoms with van der Waals surface area (Å²) in [6.07, 6.45) is 17.1. The molecule has 0 spiro atoms. The van der Waals surface area contributed by atoms with Gasteiger partial charge in [-0.25, -0.2) is 4.79 Å². The van der Waals surface area contributed by atoms with Crippen molar-refractivity contribution in [1.29, 1.82) is 0 Å². The summed E-state index contributed by atoms with van der Waals surface area (Å²) in [6, 6.07) is 7.68. The van der Waals surface area contributed by atoms with E-state index >= 15 is 0 Å². The van der Waals surface area contributed by atoms with Gasteiger partial charge in [-0.2, -0.15) is 0 Å². The molecule has 1 aliphatic heterocycles. The Kier molecular flexibility index (Phi) is 9.40. The average molecular weight is 683 g/mol. The lowest BCUT2D eigenvalue weighted by Crippen LogP contribution is -2.68. The van der Waals surface area contributed by atoms with Gasteiger partial charge in [0.15, 0.2) is 0 Å². The van der Waals surface area contributed by atoms with Crippen molar-refractivity contribution in [3.05, 3.63) is 53.6 Å². The summed E-state index contributed by atoms with van der Waals surface area (Å²) in [5.41, 5.74) is 5.69. The van der Waals surface area contributed by atoms with Crippen LogP contribution in [0.3, 0.4) is 0 Å². The zero-order valence-corrected chi connectivity index (χ0v) is 33.0. The van der Waals surface area contributed by atoms with E-state index in [0.29, 0.717) is 34.1 Å². The molecule has 1 aromatic carbocycles. The molecule has 0 radical (unpaired) electrons. The summed E-state index contributed by atoms with van der Waals surface area (Å²) < 4.78 is 0. The molecule has 2 N–H and O–H groups in total. The van der Waals surface area contributed by atoms with Gasteiger partial charge in [-0.3, -0.25) is 0 Å². The number of nitrogens with zero attached hydrogens (tertiary/aromatic N) is 1. The second-order valence-electron chi connectivity index (χ2n) is 20.2. The maximum atomic E-state index is 11.6. The van der Waals surface area contributed by atoms with Crippen molar-refractivity contribution in [3.8, 4) is 0 Å². The van der Waals surface area contributed by atoms with Gasteiger partial charge in [0, 0.05) is 31.7 Å². The molecule has 0 bridgehead atoms. The van der Waals surface area contributed by atoms with Gasteiger partial charge in [-0.15, -0.1) is 0 Å². The van der Waals surface area contributed by atoms with Crippen LogP contribution in [-0.4, -0.2) is 47.7 Å². The second-order valence-corrected chi connectivity index (χ2v) is 20.2. The number of carboxylic acid groups (broad SMARTS) is 1. The van der Waals surface area contributed by atoms with Crippen LogP contribution in [0.2, 0.25) is 0 Å². The normalized spacial score (nSPS) is 44.2. The fourth-order valence-corrected chi connectivity index (χ4v) is 14.7. The molecule has 7 rings (SSSR count). The molecule has 276 valence electrons. The van der Waals surface area contributed by atoms with E-state index in [2.05, 4.69) is 90.4 Å². The number of fused-ring (bicyclic) bond motifs is 7. The number of likely N-dealkylation sites (tertiary alicyclic amines) is 1. The van der Waals surface area contributed by atoms with E-state index in [4.69, 9.17) is 0 Å². The number of hydrogen-bond acceptors (Lipinski definition) is 3. The Balaban J connectivity index is 1.15. The zero-order chi connectivity index (χ0) is 35.9. The first-order chi connectivity index (χ1) is 23.6. The predicted octanol–water partition coefficient (Wildman–Crippen LogP) is 10.7. The number of benzene rings is 1. The molecule has 1 heterocycles. The van der Waals surface area contributed by atoms with Crippen LogP contribution in [0.25, 0.3) is 5.57 Å². The summed E-state index contributed by atoms with van der Waals surface area (Å²) in [5, 5.41) is 13.9. The Bertz CT molecular complexity index is 1480. The molecule has 4 saturated carbocycles. The van der Waals surface area contributed by atoms with Crippen LogP contribution < -0.4 is 5.32 Å². The van der Waals surface area contributed by atoms with Crippen LogP contribution in [0.15, 0.2) is 42.5 Å². The molecule has 50 heavy (non-hydrogen) atoms. The number of aromatic carboxylic acids is 1. The third-order valence-corrected chi connectivity index (χ3v) is 17.3. The van der Waals surface area contributed by atoms with Gasteiger partial charge in [0.1, 0.15) is 0 Å². The molecule has 1 aromatic rings. The molecule has 1 saturated heterocycles. The number of carboxylic acids is 1. The minimum atomic E-state index is -0.850. The van der Waals surface area contributed by atoms with Crippen LogP contribution in [0.5, 0.6) is 0 Å². The molecule has 5 fully saturated rings. The van der Waals surface area contributed by atoms with E-state index in [9.17, 15) is 9.90 Å². The van der Waals surface area contributed by atoms with Crippen LogP contribution in [0.1, 0.15) is 142 Å². The van der Waals surface area contributed by atoms with Crippen molar-refractivity contribution in [2.75, 3.05) is 26.2 Å². The Morgan fingerprint density at radius 3 is 2.18 bits per heavy atom. The number of hydrogen-bond donors (Lipinski definition) is 2. The lowest BCUT2D eigenvalue weighted by molar-refractivity contribution is -0.219. The fourth-order valence-electron chi connectivity index (χ4n) is 14.7. The van der Waals surface area contributed by atoms with E-state index in [0.717, 1.165) is 36.6 Å². The first kappa shape index (κ1) is 36.4. The maximum Gasteiger partial charge on any atom is 0.335 e. The molecule has 6 aliphatic rings. The van der Waals surface area contributed by atoms with E-state index in [1.807, 2.05) is 0 Å². The molecule has 2 unspecified atom stereocenters. The van der Waals surface area contributed by atoms with E-state index in [1.165, 1.54) is 101 Å². The maximum absolute atomic E-state index is 11.6. The number of nitrogens with one attached hydrogen (secondary N) is 1. The lowest BCUT2D eigenvalue weighted by atomic mass is 9.33. The van der Waals surface area contributed by atoms with Gasteiger partial charge >= 0.3 is 5.97 Å². The van der Waals surface area contributed by atoms with Crippen molar-refractivity contribution >= 4 is 11.5 Å². The fraction of sp³-hybridized carbons (Fsp3) is 0.761. The van der Waals surface area contributed by atoms with Gasteiger partial charge in [0.05, 0.1) is 5.56 Å².